The van der Waals surface area contributed by atoms with Crippen LogP contribution in [0.3, 0.4) is 0 Å². The summed E-state index contributed by atoms with van der Waals surface area (Å²) in [6.45, 7) is 10.4. The maximum atomic E-state index is 12.9. The number of rotatable bonds is 6. The van der Waals surface area contributed by atoms with Crippen LogP contribution in [0.4, 0.5) is 13.2 Å². The Morgan fingerprint density at radius 1 is 1.27 bits per heavy atom. The van der Waals surface area contributed by atoms with Crippen LogP contribution in [0, 0.1) is 0 Å². The summed E-state index contributed by atoms with van der Waals surface area (Å²) in [5.74, 6) is 0.918. The molecule has 1 aromatic rings. The Kier molecular flexibility index (Phi) is 8.12. The normalized spacial score (nSPS) is 15.5. The smallest absolute Gasteiger partial charge is 0.357 e. The highest BCUT2D eigenvalue weighted by molar-refractivity contribution is 7.86. The van der Waals surface area contributed by atoms with Crippen molar-refractivity contribution < 1.29 is 17.4 Å². The lowest BCUT2D eigenvalue weighted by atomic mass is 10.1. The Labute approximate surface area is 156 Å². The molecule has 0 fully saturated rings. The van der Waals surface area contributed by atoms with Gasteiger partial charge in [-0.25, -0.2) is 0 Å². The van der Waals surface area contributed by atoms with E-state index in [0.717, 1.165) is 12.1 Å². The molecule has 0 aromatic heterocycles. The molecule has 4 nitrogen and oxygen atoms in total. The molecule has 0 aliphatic carbocycles. The predicted molar refractivity (Wildman–Crippen MR) is 102 cm³/mol. The fourth-order valence-corrected chi connectivity index (χ4v) is 3.01. The van der Waals surface area contributed by atoms with Crippen molar-refractivity contribution in [2.45, 2.75) is 51.6 Å². The van der Waals surface area contributed by atoms with Crippen LogP contribution < -0.4 is 10.6 Å². The van der Waals surface area contributed by atoms with Gasteiger partial charge in [0.05, 0.1) is 18.2 Å². The van der Waals surface area contributed by atoms with Crippen molar-refractivity contribution in [3.05, 3.63) is 35.4 Å². The number of hydrogen-bond donors (Lipinski definition) is 2. The summed E-state index contributed by atoms with van der Waals surface area (Å²) in [4.78, 5) is 4.38. The van der Waals surface area contributed by atoms with Crippen molar-refractivity contribution in [3.63, 3.8) is 0 Å². The standard InChI is InChI=1S/C18H28F3N3OS/c1-6-22-16(23-10-11-26(25)17(3,4)5)24-13(2)14-8-7-9-15(12-14)18(19,20)21/h7-9,12-13H,6,10-11H2,1-5H3,(H2,22,23,24). The molecule has 26 heavy (non-hydrogen) atoms. The average Bonchev–Trinajstić information content (AvgIpc) is 2.53. The summed E-state index contributed by atoms with van der Waals surface area (Å²) in [7, 11) is -1.01. The molecule has 0 spiro atoms. The van der Waals surface area contributed by atoms with Gasteiger partial charge >= 0.3 is 6.18 Å². The Balaban J connectivity index is 2.80. The molecule has 148 valence electrons. The van der Waals surface area contributed by atoms with Crippen LogP contribution in [0.15, 0.2) is 29.3 Å². The molecule has 2 unspecified atom stereocenters. The highest BCUT2D eigenvalue weighted by atomic mass is 32.2. The molecule has 2 atom stereocenters. The van der Waals surface area contributed by atoms with Gasteiger partial charge in [0.1, 0.15) is 0 Å². The molecule has 0 aliphatic heterocycles. The zero-order valence-electron chi connectivity index (χ0n) is 15.9. The maximum Gasteiger partial charge on any atom is 0.416 e. The van der Waals surface area contributed by atoms with Crippen LogP contribution in [0.1, 0.15) is 51.8 Å². The second-order valence-electron chi connectivity index (χ2n) is 6.91. The van der Waals surface area contributed by atoms with Gasteiger partial charge in [-0.3, -0.25) is 9.20 Å². The van der Waals surface area contributed by atoms with Gasteiger partial charge < -0.3 is 10.6 Å². The molecule has 0 saturated carbocycles. The molecular formula is C18H28F3N3OS. The first-order valence-electron chi connectivity index (χ1n) is 8.55. The zero-order chi connectivity index (χ0) is 20.0. The fourth-order valence-electron chi connectivity index (χ4n) is 2.14. The van der Waals surface area contributed by atoms with Crippen molar-refractivity contribution in [2.75, 3.05) is 18.8 Å². The molecule has 0 amide bonds. The summed E-state index contributed by atoms with van der Waals surface area (Å²) >= 11 is 0. The van der Waals surface area contributed by atoms with Gasteiger partial charge in [-0.05, 0) is 52.3 Å². The molecule has 0 bridgehead atoms. The largest absolute Gasteiger partial charge is 0.416 e. The third kappa shape index (κ3) is 7.35. The number of hydrogen-bond acceptors (Lipinski definition) is 2. The molecule has 0 aliphatic rings. The van der Waals surface area contributed by atoms with E-state index < -0.39 is 22.5 Å². The predicted octanol–water partition coefficient (Wildman–Crippen LogP) is 3.87. The van der Waals surface area contributed by atoms with Gasteiger partial charge in [0.25, 0.3) is 0 Å². The summed E-state index contributed by atoms with van der Waals surface area (Å²) in [5, 5.41) is 6.16. The summed E-state index contributed by atoms with van der Waals surface area (Å²) in [6.07, 6.45) is -4.37. The van der Waals surface area contributed by atoms with Gasteiger partial charge in [0.15, 0.2) is 5.96 Å². The van der Waals surface area contributed by atoms with Crippen molar-refractivity contribution in [1.82, 2.24) is 10.6 Å². The number of nitrogens with zero attached hydrogens (tertiary/aromatic N) is 1. The van der Waals surface area contributed by atoms with E-state index in [1.807, 2.05) is 27.7 Å². The van der Waals surface area contributed by atoms with E-state index in [4.69, 9.17) is 0 Å². The number of guanidine groups is 1. The van der Waals surface area contributed by atoms with Crippen LogP contribution in [-0.4, -0.2) is 33.8 Å². The van der Waals surface area contributed by atoms with Gasteiger partial charge in [0, 0.05) is 27.8 Å². The average molecular weight is 392 g/mol. The molecule has 0 radical (unpaired) electrons. The fraction of sp³-hybridized carbons (Fsp3) is 0.611. The van der Waals surface area contributed by atoms with Gasteiger partial charge in [-0.15, -0.1) is 0 Å². The van der Waals surface area contributed by atoms with E-state index in [0.29, 0.717) is 30.4 Å². The maximum absolute atomic E-state index is 12.9. The number of alkyl halides is 3. The summed E-state index contributed by atoms with van der Waals surface area (Å²) in [5.41, 5.74) is -0.158. The van der Waals surface area contributed by atoms with Crippen molar-refractivity contribution >= 4 is 16.8 Å². The van der Waals surface area contributed by atoms with Crippen molar-refractivity contribution in [1.29, 1.82) is 0 Å². The quantitative estimate of drug-likeness (QED) is 0.572. The van der Waals surface area contributed by atoms with Crippen molar-refractivity contribution in [3.8, 4) is 0 Å². The van der Waals surface area contributed by atoms with Gasteiger partial charge in [-0.1, -0.05) is 12.1 Å². The van der Waals surface area contributed by atoms with Crippen molar-refractivity contribution in [2.24, 2.45) is 4.99 Å². The van der Waals surface area contributed by atoms with Crippen LogP contribution in [0.5, 0.6) is 0 Å². The topological polar surface area (TPSA) is 53.5 Å². The molecular weight excluding hydrogens is 363 g/mol. The third-order valence-electron chi connectivity index (χ3n) is 3.64. The Morgan fingerprint density at radius 3 is 2.46 bits per heavy atom. The Hall–Kier alpha value is -1.57. The van der Waals surface area contributed by atoms with Crippen LogP contribution in [0.2, 0.25) is 0 Å². The first-order chi connectivity index (χ1) is 11.9. The highest BCUT2D eigenvalue weighted by Crippen LogP contribution is 2.30. The Morgan fingerprint density at radius 2 is 1.92 bits per heavy atom. The van der Waals surface area contributed by atoms with E-state index in [9.17, 15) is 17.4 Å². The number of nitrogens with one attached hydrogen (secondary N) is 2. The molecule has 1 rings (SSSR count). The van der Waals surface area contributed by atoms with E-state index in [2.05, 4.69) is 15.6 Å². The summed E-state index contributed by atoms with van der Waals surface area (Å²) in [6, 6.07) is 4.87. The van der Waals surface area contributed by atoms with E-state index in [1.165, 1.54) is 6.07 Å². The molecule has 2 N–H and O–H groups in total. The second kappa shape index (κ2) is 9.39. The van der Waals surface area contributed by atoms with E-state index in [-0.39, 0.29) is 10.8 Å². The molecule has 0 saturated heterocycles. The van der Waals surface area contributed by atoms with Gasteiger partial charge in [0.2, 0.25) is 0 Å². The van der Waals surface area contributed by atoms with Crippen LogP contribution in [-0.2, 0) is 17.0 Å². The molecule has 1 aromatic carbocycles. The number of aliphatic imine (C=N–C) groups is 1. The minimum Gasteiger partial charge on any atom is -0.357 e. The summed E-state index contributed by atoms with van der Waals surface area (Å²) < 4.78 is 50.4. The van der Waals surface area contributed by atoms with Gasteiger partial charge in [-0.2, -0.15) is 13.2 Å². The molecule has 8 heteroatoms. The number of benzene rings is 1. The Bertz CT molecular complexity index is 639. The van der Waals surface area contributed by atoms with Crippen LogP contribution in [0.25, 0.3) is 0 Å². The SMILES string of the molecule is CCNC(=NCCS(=O)C(C)(C)C)NC(C)c1cccc(C(F)(F)F)c1. The van der Waals surface area contributed by atoms with Crippen LogP contribution >= 0.6 is 0 Å². The second-order valence-corrected chi connectivity index (χ2v) is 9.24. The lowest BCUT2D eigenvalue weighted by Gasteiger charge is -2.20. The lowest BCUT2D eigenvalue weighted by molar-refractivity contribution is -0.137. The highest BCUT2D eigenvalue weighted by Gasteiger charge is 2.30. The van der Waals surface area contributed by atoms with E-state index in [1.54, 1.807) is 13.0 Å². The lowest BCUT2D eigenvalue weighted by Crippen LogP contribution is -2.39. The number of halogens is 3. The minimum absolute atomic E-state index is 0.299. The van der Waals surface area contributed by atoms with E-state index >= 15 is 0 Å². The molecule has 0 heterocycles. The minimum atomic E-state index is -4.37. The third-order valence-corrected chi connectivity index (χ3v) is 5.56. The first-order valence-corrected chi connectivity index (χ1v) is 9.87. The monoisotopic (exact) mass is 391 g/mol. The zero-order valence-corrected chi connectivity index (χ0v) is 16.7. The first kappa shape index (κ1) is 22.5.